The van der Waals surface area contributed by atoms with Crippen LogP contribution in [0, 0.1) is 23.7 Å². The second-order valence-electron chi connectivity index (χ2n) is 16.5. The van der Waals surface area contributed by atoms with Crippen molar-refractivity contribution in [2.24, 2.45) is 23.7 Å². The Kier molecular flexibility index (Phi) is 8.04. The topological polar surface area (TPSA) is 55.7 Å². The molecular formula is C49H44N3OP. The summed E-state index contributed by atoms with van der Waals surface area (Å²) >= 11 is 0. The summed E-state index contributed by atoms with van der Waals surface area (Å²) in [4.78, 5) is 15.2. The van der Waals surface area contributed by atoms with E-state index in [0.29, 0.717) is 29.3 Å². The number of fused-ring (bicyclic) bond motifs is 1. The fourth-order valence-electron chi connectivity index (χ4n) is 10.6. The quantitative estimate of drug-likeness (QED) is 0.154. The van der Waals surface area contributed by atoms with Crippen LogP contribution in [-0.2, 0) is 9.98 Å². The van der Waals surface area contributed by atoms with Crippen LogP contribution in [0.4, 0.5) is 0 Å². The molecule has 0 spiro atoms. The maximum Gasteiger partial charge on any atom is 0.164 e. The monoisotopic (exact) mass is 721 g/mol. The van der Waals surface area contributed by atoms with Crippen molar-refractivity contribution >= 4 is 23.2 Å². The number of rotatable bonds is 7. The molecule has 0 N–H and O–H groups in total. The van der Waals surface area contributed by atoms with Gasteiger partial charge in [-0.1, -0.05) is 140 Å². The summed E-state index contributed by atoms with van der Waals surface area (Å²) in [6, 6.07) is 52.1. The van der Waals surface area contributed by atoms with Gasteiger partial charge in [0, 0.05) is 27.4 Å². The van der Waals surface area contributed by atoms with Gasteiger partial charge in [0.25, 0.3) is 0 Å². The number of hydrogen-bond acceptors (Lipinski definition) is 4. The fourth-order valence-corrected chi connectivity index (χ4v) is 11.4. The van der Waals surface area contributed by atoms with Crippen molar-refractivity contribution in [2.75, 3.05) is 13.3 Å². The smallest absolute Gasteiger partial charge is 0.164 e. The lowest BCUT2D eigenvalue weighted by molar-refractivity contribution is -0.0418. The number of nitrogens with zero attached hydrogens (tertiary/aromatic N) is 3. The number of aromatic nitrogens is 3. The van der Waals surface area contributed by atoms with Crippen LogP contribution in [0.2, 0.25) is 0 Å². The van der Waals surface area contributed by atoms with Gasteiger partial charge in [-0.15, -0.1) is 0 Å². The van der Waals surface area contributed by atoms with E-state index < -0.39 is 7.14 Å². The third-order valence-corrected chi connectivity index (χ3v) is 14.4. The van der Waals surface area contributed by atoms with Gasteiger partial charge in [0.05, 0.1) is 0 Å². The second kappa shape index (κ2) is 13.0. The minimum atomic E-state index is -2.29. The molecule has 0 aliphatic heterocycles. The van der Waals surface area contributed by atoms with E-state index >= 15 is 0 Å². The molecule has 4 nitrogen and oxygen atoms in total. The van der Waals surface area contributed by atoms with E-state index in [0.717, 1.165) is 39.4 Å². The molecule has 0 saturated heterocycles. The molecule has 0 atom stereocenters. The minimum Gasteiger partial charge on any atom is -0.319 e. The van der Waals surface area contributed by atoms with Crippen molar-refractivity contribution in [1.82, 2.24) is 15.0 Å². The van der Waals surface area contributed by atoms with Gasteiger partial charge in [-0.3, -0.25) is 0 Å². The van der Waals surface area contributed by atoms with E-state index in [4.69, 9.17) is 15.0 Å². The van der Waals surface area contributed by atoms with Gasteiger partial charge >= 0.3 is 0 Å². The maximum absolute atomic E-state index is 12.7. The highest BCUT2D eigenvalue weighted by molar-refractivity contribution is 7.70. The van der Waals surface area contributed by atoms with Crippen LogP contribution < -0.4 is 5.30 Å². The van der Waals surface area contributed by atoms with E-state index in [2.05, 4.69) is 115 Å². The Morgan fingerprint density at radius 1 is 0.463 bits per heavy atom. The Hall–Kier alpha value is -5.18. The first-order valence-corrected chi connectivity index (χ1v) is 22.1. The summed E-state index contributed by atoms with van der Waals surface area (Å²) in [5.41, 5.74) is 8.17. The lowest BCUT2D eigenvalue weighted by Crippen LogP contribution is -2.56. The van der Waals surface area contributed by atoms with Gasteiger partial charge in [0.2, 0.25) is 0 Å². The lowest BCUT2D eigenvalue weighted by atomic mass is 9.42. The van der Waals surface area contributed by atoms with Crippen molar-refractivity contribution in [3.05, 3.63) is 157 Å². The largest absolute Gasteiger partial charge is 0.319 e. The average molecular weight is 722 g/mol. The van der Waals surface area contributed by atoms with Crippen LogP contribution in [0.1, 0.15) is 43.2 Å². The Labute approximate surface area is 318 Å². The van der Waals surface area contributed by atoms with Crippen molar-refractivity contribution in [3.8, 4) is 45.3 Å². The molecule has 266 valence electrons. The second-order valence-corrected chi connectivity index (χ2v) is 19.7. The molecule has 0 unspecified atom stereocenters. The zero-order valence-corrected chi connectivity index (χ0v) is 31.8. The molecular weight excluding hydrogens is 678 g/mol. The molecule has 7 aromatic rings. The molecule has 0 amide bonds. The third-order valence-electron chi connectivity index (χ3n) is 12.9. The van der Waals surface area contributed by atoms with Gasteiger partial charge in [-0.05, 0) is 108 Å². The molecule has 4 fully saturated rings. The van der Waals surface area contributed by atoms with Crippen LogP contribution in [0.25, 0.3) is 56.1 Å². The summed E-state index contributed by atoms with van der Waals surface area (Å²) in [5, 5.41) is 3.29. The van der Waals surface area contributed by atoms with E-state index in [1.165, 1.54) is 59.6 Å². The van der Waals surface area contributed by atoms with Crippen molar-refractivity contribution in [2.45, 2.75) is 37.5 Å². The van der Waals surface area contributed by atoms with Crippen LogP contribution in [0.5, 0.6) is 0 Å². The molecule has 11 rings (SSSR count). The number of hydrogen-bond donors (Lipinski definition) is 0. The normalized spacial score (nSPS) is 23.1. The Morgan fingerprint density at radius 2 is 0.907 bits per heavy atom. The summed E-state index contributed by atoms with van der Waals surface area (Å²) < 4.78 is 12.7. The van der Waals surface area contributed by atoms with E-state index in [1.54, 1.807) is 0 Å². The van der Waals surface area contributed by atoms with Gasteiger partial charge in [-0.25, -0.2) is 15.0 Å². The van der Waals surface area contributed by atoms with E-state index in [-0.39, 0.29) is 5.41 Å². The highest BCUT2D eigenvalue weighted by Gasteiger charge is 2.58. The molecule has 54 heavy (non-hydrogen) atoms. The predicted octanol–water partition coefficient (Wildman–Crippen LogP) is 11.7. The first kappa shape index (κ1) is 33.4. The zero-order valence-electron chi connectivity index (χ0n) is 30.9. The Balaban J connectivity index is 1.05. The Bertz CT molecular complexity index is 2510. The predicted molar refractivity (Wildman–Crippen MR) is 222 cm³/mol. The highest BCUT2D eigenvalue weighted by atomic mass is 31.2. The van der Waals surface area contributed by atoms with Crippen molar-refractivity contribution in [1.29, 1.82) is 0 Å². The first-order valence-electron chi connectivity index (χ1n) is 19.5. The van der Waals surface area contributed by atoms with Crippen LogP contribution in [0.15, 0.2) is 146 Å². The molecule has 6 aromatic carbocycles. The fraction of sp³-hybridized carbons (Fsp3) is 0.245. The van der Waals surface area contributed by atoms with Gasteiger partial charge in [0.1, 0.15) is 7.14 Å². The van der Waals surface area contributed by atoms with Crippen LogP contribution >= 0.6 is 7.14 Å². The molecule has 1 aromatic heterocycles. The van der Waals surface area contributed by atoms with Gasteiger partial charge < -0.3 is 4.57 Å². The van der Waals surface area contributed by atoms with E-state index in [1.807, 2.05) is 43.7 Å². The van der Waals surface area contributed by atoms with Crippen molar-refractivity contribution in [3.63, 3.8) is 0 Å². The maximum atomic E-state index is 12.7. The lowest BCUT2D eigenvalue weighted by Gasteiger charge is -2.62. The first-order chi connectivity index (χ1) is 26.3. The average Bonchev–Trinajstić information content (AvgIpc) is 3.21. The Morgan fingerprint density at radius 3 is 1.46 bits per heavy atom. The minimum absolute atomic E-state index is 0.0179. The van der Waals surface area contributed by atoms with E-state index in [9.17, 15) is 4.57 Å². The molecule has 0 radical (unpaired) electrons. The van der Waals surface area contributed by atoms with Crippen LogP contribution in [0.3, 0.4) is 0 Å². The SMILES string of the molecule is CP(C)(=O)c1ccc(-c2ccc(C3(c4ccc(-c5nc(-c6ccccc6)nc(-c6ccc7ccccc7c6)n5)cc4)C4CC5CC(C4)CC3C5)cc2)cc1. The summed E-state index contributed by atoms with van der Waals surface area (Å²) in [7, 11) is -2.29. The van der Waals surface area contributed by atoms with Crippen LogP contribution in [-0.4, -0.2) is 28.3 Å². The van der Waals surface area contributed by atoms with Gasteiger partial charge in [-0.2, -0.15) is 0 Å². The summed E-state index contributed by atoms with van der Waals surface area (Å²) in [6.45, 7) is 3.67. The highest BCUT2D eigenvalue weighted by Crippen LogP contribution is 2.65. The zero-order chi connectivity index (χ0) is 36.4. The summed E-state index contributed by atoms with van der Waals surface area (Å²) in [6.07, 6.45) is 6.68. The third kappa shape index (κ3) is 5.74. The van der Waals surface area contributed by atoms with Crippen molar-refractivity contribution < 1.29 is 4.57 Å². The molecule has 1 heterocycles. The molecule has 4 saturated carbocycles. The van der Waals surface area contributed by atoms with Gasteiger partial charge in [0.15, 0.2) is 17.5 Å². The molecule has 4 aliphatic rings. The molecule has 4 bridgehead atoms. The summed E-state index contributed by atoms with van der Waals surface area (Å²) in [5.74, 6) is 5.04. The molecule has 4 aliphatic carbocycles. The standard InChI is InChI=1S/C49H44N3OP/c1-54(2,53)45-24-18-36(19-25-45)35-14-20-41(21-15-35)49(43-27-32-26-33(29-43)30-44(49)28-32)42-22-16-38(17-23-42)47-50-46(37-9-4-3-5-10-37)51-48(52-47)40-13-12-34-8-6-7-11-39(34)31-40/h3-25,31-33,43-44H,26-30H2,1-2H3. The number of benzene rings is 6. The molecule has 5 heteroatoms.